The minimum atomic E-state index is -0.384. The van der Waals surface area contributed by atoms with Crippen molar-refractivity contribution >= 4 is 11.6 Å². The average Bonchev–Trinajstić information content (AvgIpc) is 2.49. The molecule has 0 aromatic rings. The lowest BCUT2D eigenvalue weighted by Gasteiger charge is -2.32. The lowest BCUT2D eigenvalue weighted by Crippen LogP contribution is -2.29. The van der Waals surface area contributed by atoms with Crippen LogP contribution >= 0.6 is 0 Å². The van der Waals surface area contributed by atoms with Crippen molar-refractivity contribution in [2.45, 2.75) is 52.9 Å². The highest BCUT2D eigenvalue weighted by Gasteiger charge is 2.37. The van der Waals surface area contributed by atoms with Crippen LogP contribution in [0.15, 0.2) is 46.8 Å². The van der Waals surface area contributed by atoms with Crippen molar-refractivity contribution in [3.63, 3.8) is 0 Å². The maximum Gasteiger partial charge on any atom is 0.223 e. The Hall–Kier alpha value is -1.90. The summed E-state index contributed by atoms with van der Waals surface area (Å²) >= 11 is 0. The molecular weight excluding hydrogens is 288 g/mol. The van der Waals surface area contributed by atoms with Crippen molar-refractivity contribution in [2.24, 2.45) is 11.8 Å². The lowest BCUT2D eigenvalue weighted by molar-refractivity contribution is -0.118. The van der Waals surface area contributed by atoms with Gasteiger partial charge in [-0.1, -0.05) is 37.1 Å². The van der Waals surface area contributed by atoms with E-state index in [1.165, 1.54) is 11.6 Å². The number of hydrogen-bond acceptors (Lipinski definition) is 3. The quantitative estimate of drug-likeness (QED) is 0.595. The molecule has 0 saturated carbocycles. The number of Topliss-reactive ketones (excluding diaryl/α,β-unsaturated/α-hetero) is 1. The molecule has 2 rings (SSSR count). The summed E-state index contributed by atoms with van der Waals surface area (Å²) in [6.45, 7) is 10.0. The Kier molecular flexibility index (Phi) is 5.40. The summed E-state index contributed by atoms with van der Waals surface area (Å²) in [6.07, 6.45) is 7.63. The van der Waals surface area contributed by atoms with Crippen LogP contribution in [0.1, 0.15) is 52.9 Å². The molecule has 0 amide bonds. The number of aliphatic hydroxyl groups is 1. The summed E-state index contributed by atoms with van der Waals surface area (Å²) in [5.41, 5.74) is 2.86. The predicted octanol–water partition coefficient (Wildman–Crippen LogP) is 4.62. The molecule has 23 heavy (non-hydrogen) atoms. The SMILES string of the molecule is C=C(C)C1CCC(C)=C[C@H]1C1=C(O)C(=O)C(CCCC)=CC1=O. The molecule has 0 heterocycles. The zero-order valence-corrected chi connectivity index (χ0v) is 14.3. The molecule has 3 nitrogen and oxygen atoms in total. The van der Waals surface area contributed by atoms with Crippen molar-refractivity contribution in [3.05, 3.63) is 46.8 Å². The van der Waals surface area contributed by atoms with Crippen molar-refractivity contribution in [2.75, 3.05) is 0 Å². The largest absolute Gasteiger partial charge is 0.504 e. The maximum atomic E-state index is 12.6. The van der Waals surface area contributed by atoms with Crippen LogP contribution in [0.5, 0.6) is 0 Å². The highest BCUT2D eigenvalue weighted by molar-refractivity contribution is 6.22. The Morgan fingerprint density at radius 2 is 2.09 bits per heavy atom. The number of carbonyl (C=O) groups is 2. The van der Waals surface area contributed by atoms with Gasteiger partial charge in [-0.25, -0.2) is 0 Å². The van der Waals surface area contributed by atoms with Gasteiger partial charge in [0, 0.05) is 11.5 Å². The Morgan fingerprint density at radius 1 is 1.39 bits per heavy atom. The Balaban J connectivity index is 2.40. The minimum Gasteiger partial charge on any atom is -0.504 e. The summed E-state index contributed by atoms with van der Waals surface area (Å²) in [5.74, 6) is -1.12. The molecule has 0 aromatic carbocycles. The van der Waals surface area contributed by atoms with Gasteiger partial charge in [0.25, 0.3) is 0 Å². The van der Waals surface area contributed by atoms with Gasteiger partial charge in [-0.05, 0) is 51.5 Å². The van der Waals surface area contributed by atoms with E-state index in [1.54, 1.807) is 0 Å². The van der Waals surface area contributed by atoms with Crippen molar-refractivity contribution < 1.29 is 14.7 Å². The lowest BCUT2D eigenvalue weighted by atomic mass is 9.71. The van der Waals surface area contributed by atoms with E-state index in [0.29, 0.717) is 12.0 Å². The fourth-order valence-electron chi connectivity index (χ4n) is 3.47. The first kappa shape index (κ1) is 17.5. The fourth-order valence-corrected chi connectivity index (χ4v) is 3.47. The van der Waals surface area contributed by atoms with Crippen LogP contribution in [-0.4, -0.2) is 16.7 Å². The number of ketones is 2. The standard InChI is InChI=1S/C20H26O3/c1-5-6-7-14-11-17(21)18(20(23)19(14)22)16-10-13(4)8-9-15(16)12(2)3/h10-11,15-16,23H,2,5-9H2,1,3-4H3/t15?,16-/m1/s1. The third-order valence-electron chi connectivity index (χ3n) is 4.85. The highest BCUT2D eigenvalue weighted by Crippen LogP contribution is 2.40. The zero-order valence-electron chi connectivity index (χ0n) is 14.3. The molecule has 0 aromatic heterocycles. The van der Waals surface area contributed by atoms with Crippen LogP contribution in [0, 0.1) is 11.8 Å². The number of allylic oxidation sites excluding steroid dienone is 6. The highest BCUT2D eigenvalue weighted by atomic mass is 16.3. The summed E-state index contributed by atoms with van der Waals surface area (Å²) < 4.78 is 0. The first-order valence-electron chi connectivity index (χ1n) is 8.42. The zero-order chi connectivity index (χ0) is 17.1. The molecule has 2 aliphatic carbocycles. The summed E-state index contributed by atoms with van der Waals surface area (Å²) in [7, 11) is 0. The second kappa shape index (κ2) is 7.12. The smallest absolute Gasteiger partial charge is 0.223 e. The van der Waals surface area contributed by atoms with Crippen molar-refractivity contribution in [1.29, 1.82) is 0 Å². The van der Waals surface area contributed by atoms with Crippen LogP contribution in [0.4, 0.5) is 0 Å². The van der Waals surface area contributed by atoms with Gasteiger partial charge in [0.1, 0.15) is 0 Å². The van der Waals surface area contributed by atoms with Crippen molar-refractivity contribution in [3.8, 4) is 0 Å². The van der Waals surface area contributed by atoms with E-state index < -0.39 is 0 Å². The summed E-state index contributed by atoms with van der Waals surface area (Å²) in [4.78, 5) is 25.0. The van der Waals surface area contributed by atoms with Gasteiger partial charge in [-0.3, -0.25) is 9.59 Å². The van der Waals surface area contributed by atoms with Crippen LogP contribution in [0.3, 0.4) is 0 Å². The molecule has 124 valence electrons. The molecule has 0 bridgehead atoms. The van der Waals surface area contributed by atoms with Gasteiger partial charge in [0.2, 0.25) is 5.78 Å². The van der Waals surface area contributed by atoms with Gasteiger partial charge >= 0.3 is 0 Å². The molecule has 0 fully saturated rings. The maximum absolute atomic E-state index is 12.6. The molecule has 0 saturated heterocycles. The summed E-state index contributed by atoms with van der Waals surface area (Å²) in [5, 5.41) is 10.4. The van der Waals surface area contributed by atoms with Crippen LogP contribution in [0.2, 0.25) is 0 Å². The Bertz CT molecular complexity index is 631. The van der Waals surface area contributed by atoms with E-state index in [4.69, 9.17) is 0 Å². The predicted molar refractivity (Wildman–Crippen MR) is 92.1 cm³/mol. The monoisotopic (exact) mass is 314 g/mol. The Labute approximate surface area is 138 Å². The molecule has 3 heteroatoms. The molecule has 2 atom stereocenters. The normalized spacial score (nSPS) is 25.3. The van der Waals surface area contributed by atoms with Crippen LogP contribution < -0.4 is 0 Å². The second-order valence-electron chi connectivity index (χ2n) is 6.76. The number of hydrogen-bond donors (Lipinski definition) is 1. The number of aliphatic hydroxyl groups excluding tert-OH is 1. The number of carbonyl (C=O) groups excluding carboxylic acids is 2. The van der Waals surface area contributed by atoms with E-state index in [2.05, 4.69) is 6.58 Å². The van der Waals surface area contributed by atoms with E-state index in [9.17, 15) is 14.7 Å². The number of rotatable bonds is 5. The molecule has 0 aliphatic heterocycles. The number of unbranched alkanes of at least 4 members (excludes halogenated alkanes) is 1. The topological polar surface area (TPSA) is 54.4 Å². The molecule has 1 unspecified atom stereocenters. The van der Waals surface area contributed by atoms with Gasteiger partial charge in [-0.2, -0.15) is 0 Å². The first-order chi connectivity index (χ1) is 10.9. The van der Waals surface area contributed by atoms with Crippen molar-refractivity contribution in [1.82, 2.24) is 0 Å². The van der Waals surface area contributed by atoms with E-state index in [-0.39, 0.29) is 34.7 Å². The molecular formula is C20H26O3. The first-order valence-corrected chi connectivity index (χ1v) is 8.42. The van der Waals surface area contributed by atoms with Gasteiger partial charge in [-0.15, -0.1) is 0 Å². The third kappa shape index (κ3) is 3.54. The van der Waals surface area contributed by atoms with Crippen LogP contribution in [-0.2, 0) is 9.59 Å². The van der Waals surface area contributed by atoms with Gasteiger partial charge in [0.15, 0.2) is 11.5 Å². The molecule has 2 aliphatic rings. The third-order valence-corrected chi connectivity index (χ3v) is 4.85. The average molecular weight is 314 g/mol. The van der Waals surface area contributed by atoms with E-state index >= 15 is 0 Å². The molecule has 0 spiro atoms. The summed E-state index contributed by atoms with van der Waals surface area (Å²) in [6, 6.07) is 0. The van der Waals surface area contributed by atoms with E-state index in [1.807, 2.05) is 26.8 Å². The van der Waals surface area contributed by atoms with E-state index in [0.717, 1.165) is 31.3 Å². The van der Waals surface area contributed by atoms with Crippen LogP contribution in [0.25, 0.3) is 0 Å². The molecule has 0 radical (unpaired) electrons. The Morgan fingerprint density at radius 3 is 2.70 bits per heavy atom. The van der Waals surface area contributed by atoms with Gasteiger partial charge in [0.05, 0.1) is 5.57 Å². The fraction of sp³-hybridized carbons (Fsp3) is 0.500. The molecule has 1 N–H and O–H groups in total. The minimum absolute atomic E-state index is 0.0955. The van der Waals surface area contributed by atoms with Gasteiger partial charge < -0.3 is 5.11 Å². The second-order valence-corrected chi connectivity index (χ2v) is 6.76.